The maximum absolute atomic E-state index is 11.7. The van der Waals surface area contributed by atoms with Gasteiger partial charge >= 0.3 is 6.03 Å². The van der Waals surface area contributed by atoms with Crippen molar-refractivity contribution in [3.8, 4) is 0 Å². The zero-order valence-electron chi connectivity index (χ0n) is 17.1. The van der Waals surface area contributed by atoms with Crippen LogP contribution >= 0.6 is 0 Å². The van der Waals surface area contributed by atoms with E-state index in [1.54, 1.807) is 19.2 Å². The number of likely N-dealkylation sites (tertiary alicyclic amines) is 1. The van der Waals surface area contributed by atoms with Crippen LogP contribution in [0.1, 0.15) is 53.2 Å². The molecule has 1 fully saturated rings. The van der Waals surface area contributed by atoms with Gasteiger partial charge in [-0.2, -0.15) is 0 Å². The second-order valence-electron chi connectivity index (χ2n) is 7.16. The van der Waals surface area contributed by atoms with Gasteiger partial charge in [0.1, 0.15) is 5.69 Å². The predicted molar refractivity (Wildman–Crippen MR) is 109 cm³/mol. The quantitative estimate of drug-likeness (QED) is 0.686. The number of carbonyl (C=O) groups excluding carboxylic acids is 2. The topological polar surface area (TPSA) is 112 Å². The highest BCUT2D eigenvalue weighted by Crippen LogP contribution is 2.30. The van der Waals surface area contributed by atoms with Gasteiger partial charge in [-0.1, -0.05) is 11.2 Å². The van der Waals surface area contributed by atoms with Crippen molar-refractivity contribution in [2.75, 3.05) is 32.0 Å². The van der Waals surface area contributed by atoms with Crippen LogP contribution in [0.2, 0.25) is 0 Å². The number of nitrogens with zero attached hydrogens (tertiary/aromatic N) is 3. The largest absolute Gasteiger partial charge is 0.358 e. The fourth-order valence-corrected chi connectivity index (χ4v) is 3.65. The second kappa shape index (κ2) is 9.51. The van der Waals surface area contributed by atoms with E-state index in [0.717, 1.165) is 37.4 Å². The standard InChI is InChI=1S/C20H28N6O3/c1-4-22-20(28)24-18-11-15(29-25-18)12-26-9-7-14(8-10-26)16-5-6-17(19(27)21-3)23-13(16)2/h5-6,11,14H,4,7-10,12H2,1-3H3,(H,21,27)(H2,22,24,25,28). The van der Waals surface area contributed by atoms with Gasteiger partial charge in [0.2, 0.25) is 0 Å². The summed E-state index contributed by atoms with van der Waals surface area (Å²) in [5.41, 5.74) is 2.58. The Morgan fingerprint density at radius 3 is 2.69 bits per heavy atom. The van der Waals surface area contributed by atoms with Gasteiger partial charge in [-0.05, 0) is 57.3 Å². The first-order valence-electron chi connectivity index (χ1n) is 9.92. The van der Waals surface area contributed by atoms with Gasteiger partial charge < -0.3 is 15.2 Å². The van der Waals surface area contributed by atoms with Gasteiger partial charge in [0.25, 0.3) is 5.91 Å². The van der Waals surface area contributed by atoms with Crippen molar-refractivity contribution >= 4 is 17.8 Å². The summed E-state index contributed by atoms with van der Waals surface area (Å²) in [5.74, 6) is 1.41. The molecule has 0 radical (unpaired) electrons. The highest BCUT2D eigenvalue weighted by atomic mass is 16.5. The van der Waals surface area contributed by atoms with E-state index in [2.05, 4.69) is 31.0 Å². The minimum atomic E-state index is -0.292. The van der Waals surface area contributed by atoms with Crippen molar-refractivity contribution in [2.45, 2.75) is 39.2 Å². The van der Waals surface area contributed by atoms with Crippen molar-refractivity contribution in [3.63, 3.8) is 0 Å². The highest BCUT2D eigenvalue weighted by Gasteiger charge is 2.24. The number of rotatable bonds is 6. The summed E-state index contributed by atoms with van der Waals surface area (Å²) in [6.07, 6.45) is 2.03. The van der Waals surface area contributed by atoms with Crippen LogP contribution in [-0.2, 0) is 6.54 Å². The Hall–Kier alpha value is -2.94. The molecule has 1 aliphatic rings. The Labute approximate surface area is 170 Å². The number of hydrogen-bond donors (Lipinski definition) is 3. The molecule has 0 atom stereocenters. The van der Waals surface area contributed by atoms with Crippen LogP contribution in [0.3, 0.4) is 0 Å². The number of aromatic nitrogens is 2. The van der Waals surface area contributed by atoms with Crippen LogP contribution < -0.4 is 16.0 Å². The number of amides is 3. The molecule has 9 nitrogen and oxygen atoms in total. The van der Waals surface area contributed by atoms with Crippen LogP contribution in [0.15, 0.2) is 22.7 Å². The fourth-order valence-electron chi connectivity index (χ4n) is 3.65. The third kappa shape index (κ3) is 5.32. The zero-order chi connectivity index (χ0) is 20.8. The number of nitrogens with one attached hydrogen (secondary N) is 3. The number of anilines is 1. The number of hydrogen-bond acceptors (Lipinski definition) is 6. The maximum Gasteiger partial charge on any atom is 0.320 e. The lowest BCUT2D eigenvalue weighted by atomic mass is 9.88. The molecular weight excluding hydrogens is 372 g/mol. The molecule has 0 saturated carbocycles. The minimum Gasteiger partial charge on any atom is -0.358 e. The van der Waals surface area contributed by atoms with Crippen LogP contribution in [0.25, 0.3) is 0 Å². The summed E-state index contributed by atoms with van der Waals surface area (Å²) in [4.78, 5) is 30.1. The molecule has 3 heterocycles. The van der Waals surface area contributed by atoms with Crippen molar-refractivity contribution in [1.82, 2.24) is 25.7 Å². The van der Waals surface area contributed by atoms with Gasteiger partial charge in [-0.3, -0.25) is 15.0 Å². The van der Waals surface area contributed by atoms with Gasteiger partial charge in [0.15, 0.2) is 11.6 Å². The van der Waals surface area contributed by atoms with Crippen molar-refractivity contribution < 1.29 is 14.1 Å². The SMILES string of the molecule is CCNC(=O)Nc1cc(CN2CCC(c3ccc(C(=O)NC)nc3C)CC2)on1. The van der Waals surface area contributed by atoms with Gasteiger partial charge in [0.05, 0.1) is 6.54 Å². The average Bonchev–Trinajstić information content (AvgIpc) is 3.14. The molecule has 0 aromatic carbocycles. The summed E-state index contributed by atoms with van der Waals surface area (Å²) < 4.78 is 5.34. The summed E-state index contributed by atoms with van der Waals surface area (Å²) >= 11 is 0. The first-order chi connectivity index (χ1) is 14.0. The first kappa shape index (κ1) is 20.8. The summed E-state index contributed by atoms with van der Waals surface area (Å²) in [6, 6.07) is 5.29. The zero-order valence-corrected chi connectivity index (χ0v) is 17.1. The molecule has 2 aromatic heterocycles. The number of aryl methyl sites for hydroxylation is 1. The monoisotopic (exact) mass is 400 g/mol. The number of piperidine rings is 1. The summed E-state index contributed by atoms with van der Waals surface area (Å²) in [5, 5.41) is 11.8. The number of urea groups is 1. The lowest BCUT2D eigenvalue weighted by molar-refractivity contribution is 0.0958. The van der Waals surface area contributed by atoms with E-state index < -0.39 is 0 Å². The minimum absolute atomic E-state index is 0.164. The van der Waals surface area contributed by atoms with Gasteiger partial charge in [0, 0.05) is 25.4 Å². The molecule has 9 heteroatoms. The Kier molecular flexibility index (Phi) is 6.82. The molecule has 156 valence electrons. The molecule has 0 unspecified atom stereocenters. The van der Waals surface area contributed by atoms with E-state index in [1.165, 1.54) is 5.56 Å². The third-order valence-corrected chi connectivity index (χ3v) is 5.13. The second-order valence-corrected chi connectivity index (χ2v) is 7.16. The molecule has 0 aliphatic carbocycles. The van der Waals surface area contributed by atoms with E-state index in [1.807, 2.05) is 19.9 Å². The Morgan fingerprint density at radius 2 is 2.03 bits per heavy atom. The molecule has 1 aliphatic heterocycles. The Balaban J connectivity index is 1.53. The average molecular weight is 400 g/mol. The number of carbonyl (C=O) groups is 2. The van der Waals surface area contributed by atoms with Crippen LogP contribution in [0.4, 0.5) is 10.6 Å². The Bertz CT molecular complexity index is 858. The first-order valence-corrected chi connectivity index (χ1v) is 9.92. The van der Waals surface area contributed by atoms with Gasteiger partial charge in [-0.25, -0.2) is 9.78 Å². The lowest BCUT2D eigenvalue weighted by Crippen LogP contribution is -2.32. The Morgan fingerprint density at radius 1 is 1.28 bits per heavy atom. The van der Waals surface area contributed by atoms with E-state index in [9.17, 15) is 9.59 Å². The van der Waals surface area contributed by atoms with Crippen LogP contribution in [-0.4, -0.2) is 53.7 Å². The molecule has 29 heavy (non-hydrogen) atoms. The lowest BCUT2D eigenvalue weighted by Gasteiger charge is -2.31. The van der Waals surface area contributed by atoms with Crippen LogP contribution in [0.5, 0.6) is 0 Å². The van der Waals surface area contributed by atoms with Crippen LogP contribution in [0, 0.1) is 6.92 Å². The van der Waals surface area contributed by atoms with E-state index >= 15 is 0 Å². The molecule has 3 N–H and O–H groups in total. The normalized spacial score (nSPS) is 15.1. The summed E-state index contributed by atoms with van der Waals surface area (Å²) in [7, 11) is 1.61. The molecule has 1 saturated heterocycles. The van der Waals surface area contributed by atoms with E-state index in [4.69, 9.17) is 4.52 Å². The summed E-state index contributed by atoms with van der Waals surface area (Å²) in [6.45, 7) is 6.89. The maximum atomic E-state index is 11.7. The molecule has 0 bridgehead atoms. The molecule has 3 rings (SSSR count). The van der Waals surface area contributed by atoms with E-state index in [-0.39, 0.29) is 11.9 Å². The van der Waals surface area contributed by atoms with E-state index in [0.29, 0.717) is 30.5 Å². The highest BCUT2D eigenvalue weighted by molar-refractivity contribution is 5.92. The smallest absolute Gasteiger partial charge is 0.320 e. The molecule has 2 aromatic rings. The predicted octanol–water partition coefficient (Wildman–Crippen LogP) is 2.26. The van der Waals surface area contributed by atoms with Crippen molar-refractivity contribution in [1.29, 1.82) is 0 Å². The molecular formula is C20H28N6O3. The van der Waals surface area contributed by atoms with Crippen molar-refractivity contribution in [3.05, 3.63) is 40.9 Å². The molecule has 3 amide bonds. The number of pyridine rings is 1. The van der Waals surface area contributed by atoms with Gasteiger partial charge in [-0.15, -0.1) is 0 Å². The third-order valence-electron chi connectivity index (χ3n) is 5.13. The molecule has 0 spiro atoms. The van der Waals surface area contributed by atoms with Crippen molar-refractivity contribution in [2.24, 2.45) is 0 Å². The fraction of sp³-hybridized carbons (Fsp3) is 0.500.